The van der Waals surface area contributed by atoms with Crippen LogP contribution in [0.15, 0.2) is 53.8 Å². The van der Waals surface area contributed by atoms with Crippen molar-refractivity contribution in [2.24, 2.45) is 0 Å². The molecule has 0 atom stereocenters. The molecule has 3 aromatic rings. The number of benzene rings is 2. The Kier molecular flexibility index (Phi) is 5.46. The molecule has 0 fully saturated rings. The van der Waals surface area contributed by atoms with Crippen molar-refractivity contribution >= 4 is 15.7 Å². The molecule has 0 aliphatic heterocycles. The highest BCUT2D eigenvalue weighted by atomic mass is 32.2. The monoisotopic (exact) mass is 403 g/mol. The second kappa shape index (κ2) is 7.81. The maximum Gasteiger partial charge on any atom is 0.265 e. The van der Waals surface area contributed by atoms with E-state index >= 15 is 0 Å². The van der Waals surface area contributed by atoms with E-state index in [0.717, 1.165) is 11.4 Å². The van der Waals surface area contributed by atoms with E-state index in [9.17, 15) is 8.42 Å². The third kappa shape index (κ3) is 3.89. The number of rotatable bonds is 7. The number of aryl methyl sites for hydroxylation is 1. The zero-order chi connectivity index (χ0) is 20.3. The fourth-order valence-electron chi connectivity index (χ4n) is 2.71. The van der Waals surface area contributed by atoms with E-state index in [2.05, 4.69) is 9.71 Å². The van der Waals surface area contributed by atoms with Gasteiger partial charge in [0.15, 0.2) is 0 Å². The van der Waals surface area contributed by atoms with Crippen LogP contribution in [-0.4, -0.2) is 39.3 Å². The summed E-state index contributed by atoms with van der Waals surface area (Å²) in [7, 11) is 0.477. The fourth-order valence-corrected chi connectivity index (χ4v) is 3.95. The Hall–Kier alpha value is -3.20. The molecule has 0 unspecified atom stereocenters. The molecule has 2 aromatic carbocycles. The van der Waals surface area contributed by atoms with Crippen molar-refractivity contribution < 1.29 is 22.6 Å². The Balaban J connectivity index is 1.97. The number of anilines is 1. The summed E-state index contributed by atoms with van der Waals surface area (Å²) >= 11 is 0. The summed E-state index contributed by atoms with van der Waals surface area (Å²) in [5.74, 6) is 1.12. The van der Waals surface area contributed by atoms with Crippen molar-refractivity contribution in [2.45, 2.75) is 11.8 Å². The van der Waals surface area contributed by atoms with Crippen LogP contribution in [-0.2, 0) is 10.0 Å². The summed E-state index contributed by atoms with van der Waals surface area (Å²) in [6.45, 7) is 1.88. The number of hydrogen-bond donors (Lipinski definition) is 1. The van der Waals surface area contributed by atoms with Crippen molar-refractivity contribution in [3.05, 3.63) is 54.6 Å². The van der Waals surface area contributed by atoms with Crippen LogP contribution in [0.5, 0.6) is 17.2 Å². The van der Waals surface area contributed by atoms with E-state index < -0.39 is 10.0 Å². The summed E-state index contributed by atoms with van der Waals surface area (Å²) in [6.07, 6.45) is 3.51. The lowest BCUT2D eigenvalue weighted by Gasteiger charge is -2.15. The summed E-state index contributed by atoms with van der Waals surface area (Å²) in [6, 6.07) is 9.58. The number of aromatic nitrogens is 2. The Morgan fingerprint density at radius 1 is 0.964 bits per heavy atom. The van der Waals surface area contributed by atoms with Gasteiger partial charge in [-0.1, -0.05) is 0 Å². The predicted octanol–water partition coefficient (Wildman–Crippen LogP) is 3.01. The third-order valence-electron chi connectivity index (χ3n) is 4.08. The van der Waals surface area contributed by atoms with Crippen LogP contribution in [0.4, 0.5) is 5.69 Å². The van der Waals surface area contributed by atoms with Crippen molar-refractivity contribution in [1.82, 2.24) is 9.55 Å². The highest BCUT2D eigenvalue weighted by molar-refractivity contribution is 7.92. The van der Waals surface area contributed by atoms with Crippen molar-refractivity contribution in [2.75, 3.05) is 26.1 Å². The van der Waals surface area contributed by atoms with Gasteiger partial charge in [0.1, 0.15) is 22.1 Å². The first kappa shape index (κ1) is 19.6. The van der Waals surface area contributed by atoms with Gasteiger partial charge in [0.05, 0.1) is 44.7 Å². The third-order valence-corrected chi connectivity index (χ3v) is 5.48. The number of sulfonamides is 1. The standard InChI is InChI=1S/C19H21N3O5S/c1-13-11-22(12-20-13)16-7-5-14(9-18(16)27-4)21-28(23,24)19-10-15(25-2)6-8-17(19)26-3/h5-12,21H,1-4H3. The number of ether oxygens (including phenoxy) is 3. The van der Waals surface area contributed by atoms with Gasteiger partial charge in [0.25, 0.3) is 10.0 Å². The Labute approximate surface area is 163 Å². The van der Waals surface area contributed by atoms with Gasteiger partial charge in [-0.25, -0.2) is 13.4 Å². The lowest BCUT2D eigenvalue weighted by molar-refractivity contribution is 0.392. The van der Waals surface area contributed by atoms with Crippen LogP contribution < -0.4 is 18.9 Å². The minimum Gasteiger partial charge on any atom is -0.497 e. The number of imidazole rings is 1. The minimum atomic E-state index is -3.92. The molecule has 0 amide bonds. The predicted molar refractivity (Wildman–Crippen MR) is 105 cm³/mol. The largest absolute Gasteiger partial charge is 0.497 e. The summed E-state index contributed by atoms with van der Waals surface area (Å²) in [5.41, 5.74) is 1.95. The van der Waals surface area contributed by atoms with E-state index in [-0.39, 0.29) is 10.6 Å². The number of methoxy groups -OCH3 is 3. The first-order chi connectivity index (χ1) is 13.4. The second-order valence-corrected chi connectivity index (χ2v) is 7.58. The molecule has 0 radical (unpaired) electrons. The van der Waals surface area contributed by atoms with E-state index in [0.29, 0.717) is 17.2 Å². The Bertz CT molecular complexity index is 1090. The molecular formula is C19H21N3O5S. The summed E-state index contributed by atoms with van der Waals surface area (Å²) < 4.78 is 45.9. The van der Waals surface area contributed by atoms with Gasteiger partial charge in [0, 0.05) is 18.3 Å². The average Bonchev–Trinajstić information content (AvgIpc) is 3.13. The number of nitrogens with one attached hydrogen (secondary N) is 1. The van der Waals surface area contributed by atoms with Gasteiger partial charge in [-0.15, -0.1) is 0 Å². The topological polar surface area (TPSA) is 91.7 Å². The van der Waals surface area contributed by atoms with E-state index in [1.807, 2.05) is 13.1 Å². The maximum absolute atomic E-state index is 12.9. The second-order valence-electron chi connectivity index (χ2n) is 5.93. The molecular weight excluding hydrogens is 382 g/mol. The van der Waals surface area contributed by atoms with Gasteiger partial charge < -0.3 is 18.8 Å². The average molecular weight is 403 g/mol. The van der Waals surface area contributed by atoms with Crippen LogP contribution in [0.1, 0.15) is 5.69 Å². The lowest BCUT2D eigenvalue weighted by Crippen LogP contribution is -2.14. The molecule has 3 rings (SSSR count). The van der Waals surface area contributed by atoms with E-state index in [1.54, 1.807) is 41.2 Å². The first-order valence-electron chi connectivity index (χ1n) is 8.32. The molecule has 0 bridgehead atoms. The van der Waals surface area contributed by atoms with Crippen LogP contribution in [0.25, 0.3) is 5.69 Å². The number of nitrogens with zero attached hydrogens (tertiary/aromatic N) is 2. The molecule has 8 nitrogen and oxygen atoms in total. The normalized spacial score (nSPS) is 11.1. The molecule has 0 saturated carbocycles. The van der Waals surface area contributed by atoms with Gasteiger partial charge in [-0.2, -0.15) is 0 Å². The van der Waals surface area contributed by atoms with Crippen LogP contribution in [0.2, 0.25) is 0 Å². The van der Waals surface area contributed by atoms with Gasteiger partial charge in [-0.3, -0.25) is 4.72 Å². The SMILES string of the molecule is COc1ccc(OC)c(S(=O)(=O)Nc2ccc(-n3cnc(C)c3)c(OC)c2)c1. The van der Waals surface area contributed by atoms with E-state index in [4.69, 9.17) is 14.2 Å². The van der Waals surface area contributed by atoms with Crippen molar-refractivity contribution in [3.8, 4) is 22.9 Å². The zero-order valence-corrected chi connectivity index (χ0v) is 16.8. The Morgan fingerprint density at radius 2 is 1.71 bits per heavy atom. The molecule has 9 heteroatoms. The lowest BCUT2D eigenvalue weighted by atomic mass is 10.2. The van der Waals surface area contributed by atoms with E-state index in [1.165, 1.54) is 27.4 Å². The number of hydrogen-bond acceptors (Lipinski definition) is 6. The van der Waals surface area contributed by atoms with Gasteiger partial charge >= 0.3 is 0 Å². The molecule has 148 valence electrons. The van der Waals surface area contributed by atoms with Crippen LogP contribution in [0.3, 0.4) is 0 Å². The smallest absolute Gasteiger partial charge is 0.265 e. The molecule has 1 aromatic heterocycles. The highest BCUT2D eigenvalue weighted by Gasteiger charge is 2.21. The maximum atomic E-state index is 12.9. The molecule has 0 aliphatic rings. The quantitative estimate of drug-likeness (QED) is 0.652. The van der Waals surface area contributed by atoms with Gasteiger partial charge in [0.2, 0.25) is 0 Å². The molecule has 28 heavy (non-hydrogen) atoms. The first-order valence-corrected chi connectivity index (χ1v) is 9.80. The zero-order valence-electron chi connectivity index (χ0n) is 16.0. The van der Waals surface area contributed by atoms with Crippen LogP contribution >= 0.6 is 0 Å². The van der Waals surface area contributed by atoms with Crippen LogP contribution in [0, 0.1) is 6.92 Å². The molecule has 0 saturated heterocycles. The summed E-state index contributed by atoms with van der Waals surface area (Å²) in [4.78, 5) is 4.17. The molecule has 0 spiro atoms. The Morgan fingerprint density at radius 3 is 2.32 bits per heavy atom. The van der Waals surface area contributed by atoms with Crippen molar-refractivity contribution in [3.63, 3.8) is 0 Å². The molecule has 0 aliphatic carbocycles. The van der Waals surface area contributed by atoms with Gasteiger partial charge in [-0.05, 0) is 31.2 Å². The molecule has 1 N–H and O–H groups in total. The fraction of sp³-hybridized carbons (Fsp3) is 0.211. The summed E-state index contributed by atoms with van der Waals surface area (Å²) in [5, 5.41) is 0. The molecule has 1 heterocycles. The minimum absolute atomic E-state index is 0.0253. The highest BCUT2D eigenvalue weighted by Crippen LogP contribution is 2.32. The van der Waals surface area contributed by atoms with Crippen molar-refractivity contribution in [1.29, 1.82) is 0 Å².